The zero-order valence-electron chi connectivity index (χ0n) is 10.1. The molecule has 1 aromatic heterocycles. The minimum absolute atomic E-state index is 0.718. The van der Waals surface area contributed by atoms with Crippen LogP contribution in [0.25, 0.3) is 21.7 Å². The van der Waals surface area contributed by atoms with E-state index in [1.54, 1.807) is 0 Å². The lowest BCUT2D eigenvalue weighted by Gasteiger charge is -1.98. The van der Waals surface area contributed by atoms with Crippen LogP contribution in [0.5, 0.6) is 0 Å². The fraction of sp³-hybridized carbons (Fsp3) is 0.250. The van der Waals surface area contributed by atoms with Crippen LogP contribution in [0.3, 0.4) is 0 Å². The summed E-state index contributed by atoms with van der Waals surface area (Å²) >= 11 is 0. The molecule has 1 N–H and O–H groups in total. The van der Waals surface area contributed by atoms with Crippen molar-refractivity contribution < 1.29 is 4.42 Å². The van der Waals surface area contributed by atoms with Gasteiger partial charge in [0.15, 0.2) is 0 Å². The highest BCUT2D eigenvalue weighted by molar-refractivity contribution is 6.04. The number of fused-ring (bicyclic) bond motifs is 3. The van der Waals surface area contributed by atoms with E-state index in [-0.39, 0.29) is 0 Å². The van der Waals surface area contributed by atoms with Crippen molar-refractivity contribution in [3.05, 3.63) is 48.2 Å². The van der Waals surface area contributed by atoms with E-state index in [4.69, 9.17) is 4.42 Å². The van der Waals surface area contributed by atoms with Crippen molar-refractivity contribution in [3.63, 3.8) is 0 Å². The van der Waals surface area contributed by atoms with Crippen molar-refractivity contribution in [2.45, 2.75) is 25.4 Å². The number of rotatable bonds is 3. The van der Waals surface area contributed by atoms with Crippen LogP contribution in [-0.4, -0.2) is 6.04 Å². The molecule has 1 aliphatic carbocycles. The van der Waals surface area contributed by atoms with Gasteiger partial charge in [0.2, 0.25) is 0 Å². The van der Waals surface area contributed by atoms with Gasteiger partial charge < -0.3 is 9.73 Å². The van der Waals surface area contributed by atoms with Crippen molar-refractivity contribution in [1.82, 2.24) is 5.32 Å². The molecule has 2 aromatic carbocycles. The maximum atomic E-state index is 6.00. The second kappa shape index (κ2) is 3.85. The fourth-order valence-corrected chi connectivity index (χ4v) is 2.44. The van der Waals surface area contributed by atoms with Gasteiger partial charge in [0.1, 0.15) is 11.3 Å². The van der Waals surface area contributed by atoms with E-state index in [0.29, 0.717) is 0 Å². The zero-order valence-corrected chi connectivity index (χ0v) is 10.1. The largest absolute Gasteiger partial charge is 0.459 e. The zero-order chi connectivity index (χ0) is 11.9. The summed E-state index contributed by atoms with van der Waals surface area (Å²) in [7, 11) is 0. The molecule has 0 atom stereocenters. The van der Waals surface area contributed by atoms with Crippen LogP contribution < -0.4 is 5.32 Å². The van der Waals surface area contributed by atoms with Gasteiger partial charge in [0, 0.05) is 16.8 Å². The highest BCUT2D eigenvalue weighted by Crippen LogP contribution is 2.28. The molecule has 0 aliphatic heterocycles. The lowest BCUT2D eigenvalue weighted by molar-refractivity contribution is 0.514. The van der Waals surface area contributed by atoms with Gasteiger partial charge in [0.25, 0.3) is 0 Å². The van der Waals surface area contributed by atoms with E-state index >= 15 is 0 Å². The summed E-state index contributed by atoms with van der Waals surface area (Å²) in [6, 6.07) is 15.5. The molecular weight excluding hydrogens is 222 g/mol. The number of benzene rings is 2. The number of nitrogens with one attached hydrogen (secondary N) is 1. The maximum absolute atomic E-state index is 6.00. The van der Waals surface area contributed by atoms with Crippen LogP contribution >= 0.6 is 0 Å². The number of hydrogen-bond donors (Lipinski definition) is 1. The summed E-state index contributed by atoms with van der Waals surface area (Å²) < 4.78 is 6.00. The second-order valence-corrected chi connectivity index (χ2v) is 5.07. The fourth-order valence-electron chi connectivity index (χ4n) is 2.44. The van der Waals surface area contributed by atoms with Gasteiger partial charge >= 0.3 is 0 Å². The first-order valence-electron chi connectivity index (χ1n) is 6.54. The van der Waals surface area contributed by atoms with Crippen LogP contribution in [0.4, 0.5) is 0 Å². The molecule has 3 aromatic rings. The SMILES string of the molecule is c1ccc2c(c1)ccc1cc(CNC3CC3)oc12. The van der Waals surface area contributed by atoms with Gasteiger partial charge in [0.05, 0.1) is 6.54 Å². The minimum atomic E-state index is 0.718. The van der Waals surface area contributed by atoms with E-state index in [2.05, 4.69) is 47.8 Å². The van der Waals surface area contributed by atoms with Gasteiger partial charge in [-0.25, -0.2) is 0 Å². The molecule has 1 saturated carbocycles. The molecule has 0 unspecified atom stereocenters. The van der Waals surface area contributed by atoms with Gasteiger partial charge in [-0.3, -0.25) is 0 Å². The minimum Gasteiger partial charge on any atom is -0.459 e. The Kier molecular flexibility index (Phi) is 2.17. The summed E-state index contributed by atoms with van der Waals surface area (Å²) in [5, 5.41) is 7.12. The summed E-state index contributed by atoms with van der Waals surface area (Å²) in [6.07, 6.45) is 2.62. The quantitative estimate of drug-likeness (QED) is 0.748. The van der Waals surface area contributed by atoms with Gasteiger partial charge in [-0.15, -0.1) is 0 Å². The van der Waals surface area contributed by atoms with Gasteiger partial charge in [-0.2, -0.15) is 0 Å². The van der Waals surface area contributed by atoms with E-state index in [1.165, 1.54) is 29.0 Å². The molecule has 18 heavy (non-hydrogen) atoms. The molecule has 0 saturated heterocycles. The molecule has 2 nitrogen and oxygen atoms in total. The van der Waals surface area contributed by atoms with Crippen LogP contribution in [0, 0.1) is 0 Å². The van der Waals surface area contributed by atoms with Crippen LogP contribution in [0.1, 0.15) is 18.6 Å². The lowest BCUT2D eigenvalue weighted by Crippen LogP contribution is -2.14. The van der Waals surface area contributed by atoms with Crippen LogP contribution in [-0.2, 0) is 6.54 Å². The number of furan rings is 1. The average Bonchev–Trinajstić information content (AvgIpc) is 3.14. The van der Waals surface area contributed by atoms with E-state index in [9.17, 15) is 0 Å². The molecule has 2 heteroatoms. The molecule has 0 spiro atoms. The van der Waals surface area contributed by atoms with Gasteiger partial charge in [-0.1, -0.05) is 36.4 Å². The Morgan fingerprint density at radius 1 is 1.06 bits per heavy atom. The first-order chi connectivity index (χ1) is 8.90. The Bertz CT molecular complexity index is 709. The van der Waals surface area contributed by atoms with E-state index in [0.717, 1.165) is 23.9 Å². The molecule has 1 heterocycles. The monoisotopic (exact) mass is 237 g/mol. The molecule has 90 valence electrons. The summed E-state index contributed by atoms with van der Waals surface area (Å²) in [6.45, 7) is 0.841. The summed E-state index contributed by atoms with van der Waals surface area (Å²) in [4.78, 5) is 0. The Balaban J connectivity index is 1.80. The molecule has 1 fully saturated rings. The topological polar surface area (TPSA) is 25.2 Å². The first-order valence-corrected chi connectivity index (χ1v) is 6.54. The third-order valence-electron chi connectivity index (χ3n) is 3.60. The summed E-state index contributed by atoms with van der Waals surface area (Å²) in [5.74, 6) is 1.04. The van der Waals surface area contributed by atoms with Crippen molar-refractivity contribution in [1.29, 1.82) is 0 Å². The Morgan fingerprint density at radius 3 is 2.78 bits per heavy atom. The predicted molar refractivity (Wildman–Crippen MR) is 73.6 cm³/mol. The lowest BCUT2D eigenvalue weighted by atomic mass is 10.1. The molecule has 4 rings (SSSR count). The molecular formula is C16H15NO. The summed E-state index contributed by atoms with van der Waals surface area (Å²) in [5.41, 5.74) is 1.01. The van der Waals surface area contributed by atoms with Crippen molar-refractivity contribution in [3.8, 4) is 0 Å². The molecule has 1 aliphatic rings. The maximum Gasteiger partial charge on any atom is 0.142 e. The number of hydrogen-bond acceptors (Lipinski definition) is 2. The third kappa shape index (κ3) is 1.70. The van der Waals surface area contributed by atoms with E-state index < -0.39 is 0 Å². The normalized spacial score (nSPS) is 15.6. The van der Waals surface area contributed by atoms with Crippen molar-refractivity contribution >= 4 is 21.7 Å². The van der Waals surface area contributed by atoms with Gasteiger partial charge in [-0.05, 0) is 24.3 Å². The van der Waals surface area contributed by atoms with Crippen molar-refractivity contribution in [2.75, 3.05) is 0 Å². The molecule has 0 amide bonds. The molecule has 0 radical (unpaired) electrons. The highest BCUT2D eigenvalue weighted by atomic mass is 16.3. The molecule has 0 bridgehead atoms. The van der Waals surface area contributed by atoms with Crippen LogP contribution in [0.15, 0.2) is 46.9 Å². The first kappa shape index (κ1) is 10.2. The van der Waals surface area contributed by atoms with E-state index in [1.807, 2.05) is 0 Å². The van der Waals surface area contributed by atoms with Crippen molar-refractivity contribution in [2.24, 2.45) is 0 Å². The Morgan fingerprint density at radius 2 is 1.89 bits per heavy atom. The predicted octanol–water partition coefficient (Wildman–Crippen LogP) is 3.84. The highest BCUT2D eigenvalue weighted by Gasteiger charge is 2.20. The second-order valence-electron chi connectivity index (χ2n) is 5.07. The Hall–Kier alpha value is -1.80. The van der Waals surface area contributed by atoms with Crippen LogP contribution in [0.2, 0.25) is 0 Å². The smallest absolute Gasteiger partial charge is 0.142 e. The average molecular weight is 237 g/mol. The Labute approximate surface area is 106 Å². The third-order valence-corrected chi connectivity index (χ3v) is 3.60. The standard InChI is InChI=1S/C16H15NO/c1-2-4-15-11(3-1)5-6-12-9-14(18-16(12)15)10-17-13-7-8-13/h1-6,9,13,17H,7-8,10H2.